The van der Waals surface area contributed by atoms with Gasteiger partial charge in [-0.05, 0) is 19.1 Å². The van der Waals surface area contributed by atoms with Gasteiger partial charge in [0.1, 0.15) is 11.5 Å². The van der Waals surface area contributed by atoms with Gasteiger partial charge in [-0.15, -0.1) is 0 Å². The van der Waals surface area contributed by atoms with Gasteiger partial charge in [-0.1, -0.05) is 17.3 Å². The Bertz CT molecular complexity index is 758. The number of hydrogen-bond acceptors (Lipinski definition) is 3. The molecule has 0 fully saturated rings. The van der Waals surface area contributed by atoms with Crippen molar-refractivity contribution in [2.24, 2.45) is 0 Å². The van der Waals surface area contributed by atoms with E-state index in [-0.39, 0.29) is 6.54 Å². The SMILES string of the molecule is Cc1cc(Cn2c(C(F)(F)F)nc3ccccc32)no1. The number of aryl methyl sites for hydroxylation is 1. The maximum Gasteiger partial charge on any atom is 0.449 e. The number of halogens is 3. The molecule has 0 aliphatic rings. The molecular weight excluding hydrogens is 271 g/mol. The summed E-state index contributed by atoms with van der Waals surface area (Å²) in [5.41, 5.74) is 1.15. The molecule has 0 amide bonds. The normalized spacial score (nSPS) is 12.2. The fourth-order valence-electron chi connectivity index (χ4n) is 2.11. The van der Waals surface area contributed by atoms with Gasteiger partial charge in [0.25, 0.3) is 0 Å². The molecule has 2 heterocycles. The lowest BCUT2D eigenvalue weighted by atomic mass is 10.3. The molecule has 1 aromatic carbocycles. The molecule has 0 aliphatic heterocycles. The average Bonchev–Trinajstić information content (AvgIpc) is 2.94. The van der Waals surface area contributed by atoms with Crippen LogP contribution >= 0.6 is 0 Å². The van der Waals surface area contributed by atoms with E-state index >= 15 is 0 Å². The minimum Gasteiger partial charge on any atom is -0.361 e. The Labute approximate surface area is 111 Å². The standard InChI is InChI=1S/C13H10F3N3O/c1-8-6-9(18-20-8)7-19-11-5-3-2-4-10(11)17-12(19)13(14,15)16/h2-6H,7H2,1H3. The Kier molecular flexibility index (Phi) is 2.77. The molecule has 20 heavy (non-hydrogen) atoms. The number of nitrogens with zero attached hydrogens (tertiary/aromatic N) is 3. The van der Waals surface area contributed by atoms with E-state index in [9.17, 15) is 13.2 Å². The summed E-state index contributed by atoms with van der Waals surface area (Å²) in [7, 11) is 0. The molecule has 0 atom stereocenters. The summed E-state index contributed by atoms with van der Waals surface area (Å²) in [6.45, 7) is 1.65. The predicted octanol–water partition coefficient (Wildman–Crippen LogP) is 3.40. The van der Waals surface area contributed by atoms with Crippen LogP contribution < -0.4 is 0 Å². The molecule has 0 bridgehead atoms. The Balaban J connectivity index is 2.16. The number of fused-ring (bicyclic) bond motifs is 1. The number of imidazole rings is 1. The average molecular weight is 281 g/mol. The second-order valence-corrected chi connectivity index (χ2v) is 4.44. The fraction of sp³-hybridized carbons (Fsp3) is 0.231. The Morgan fingerprint density at radius 1 is 1.25 bits per heavy atom. The van der Waals surface area contributed by atoms with E-state index < -0.39 is 12.0 Å². The molecular formula is C13H10F3N3O. The fourth-order valence-corrected chi connectivity index (χ4v) is 2.11. The third-order valence-electron chi connectivity index (χ3n) is 2.90. The van der Waals surface area contributed by atoms with Crippen molar-refractivity contribution in [1.29, 1.82) is 0 Å². The first-order valence-corrected chi connectivity index (χ1v) is 5.90. The monoisotopic (exact) mass is 281 g/mol. The van der Waals surface area contributed by atoms with E-state index in [4.69, 9.17) is 4.52 Å². The molecule has 4 nitrogen and oxygen atoms in total. The van der Waals surface area contributed by atoms with Crippen LogP contribution in [0.3, 0.4) is 0 Å². The quantitative estimate of drug-likeness (QED) is 0.723. The van der Waals surface area contributed by atoms with E-state index in [1.54, 1.807) is 37.3 Å². The first-order valence-electron chi connectivity index (χ1n) is 5.90. The summed E-state index contributed by atoms with van der Waals surface area (Å²) in [6, 6.07) is 8.09. The smallest absolute Gasteiger partial charge is 0.361 e. The molecule has 0 aliphatic carbocycles. The molecule has 0 saturated carbocycles. The van der Waals surface area contributed by atoms with Crippen LogP contribution in [0.5, 0.6) is 0 Å². The van der Waals surface area contributed by atoms with Crippen LogP contribution in [0.25, 0.3) is 11.0 Å². The van der Waals surface area contributed by atoms with Crippen LogP contribution in [-0.2, 0) is 12.7 Å². The highest BCUT2D eigenvalue weighted by Crippen LogP contribution is 2.31. The number of rotatable bonds is 2. The third-order valence-corrected chi connectivity index (χ3v) is 2.90. The predicted molar refractivity (Wildman–Crippen MR) is 65.1 cm³/mol. The summed E-state index contributed by atoms with van der Waals surface area (Å²) in [5, 5.41) is 3.73. The van der Waals surface area contributed by atoms with Crippen molar-refractivity contribution in [3.63, 3.8) is 0 Å². The van der Waals surface area contributed by atoms with Crippen molar-refractivity contribution >= 4 is 11.0 Å². The van der Waals surface area contributed by atoms with Crippen LogP contribution in [0.4, 0.5) is 13.2 Å². The molecule has 0 radical (unpaired) electrons. The highest BCUT2D eigenvalue weighted by atomic mass is 19.4. The van der Waals surface area contributed by atoms with Gasteiger partial charge in [0.2, 0.25) is 5.82 Å². The molecule has 0 saturated heterocycles. The van der Waals surface area contributed by atoms with E-state index in [2.05, 4.69) is 10.1 Å². The van der Waals surface area contributed by atoms with Gasteiger partial charge in [-0.3, -0.25) is 0 Å². The molecule has 0 N–H and O–H groups in total. The molecule has 7 heteroatoms. The largest absolute Gasteiger partial charge is 0.449 e. The molecule has 0 spiro atoms. The van der Waals surface area contributed by atoms with Crippen molar-refractivity contribution in [3.05, 3.63) is 47.6 Å². The molecule has 2 aromatic heterocycles. The van der Waals surface area contributed by atoms with Crippen LogP contribution in [0, 0.1) is 6.92 Å². The number of aromatic nitrogens is 3. The first-order chi connectivity index (χ1) is 9.45. The van der Waals surface area contributed by atoms with E-state index in [1.165, 1.54) is 0 Å². The maximum absolute atomic E-state index is 13.1. The molecule has 3 aromatic rings. The second-order valence-electron chi connectivity index (χ2n) is 4.44. The van der Waals surface area contributed by atoms with Gasteiger partial charge in [-0.2, -0.15) is 13.2 Å². The number of hydrogen-bond donors (Lipinski definition) is 0. The number of benzene rings is 1. The first kappa shape index (κ1) is 12.7. The minimum atomic E-state index is -4.52. The zero-order valence-electron chi connectivity index (χ0n) is 10.5. The lowest BCUT2D eigenvalue weighted by molar-refractivity contribution is -0.146. The van der Waals surface area contributed by atoms with Crippen LogP contribution in [-0.4, -0.2) is 14.7 Å². The highest BCUT2D eigenvalue weighted by Gasteiger charge is 2.37. The highest BCUT2D eigenvalue weighted by molar-refractivity contribution is 5.76. The summed E-state index contributed by atoms with van der Waals surface area (Å²) in [5.74, 6) is -0.377. The Hall–Kier alpha value is -2.31. The Morgan fingerprint density at radius 3 is 2.65 bits per heavy atom. The van der Waals surface area contributed by atoms with Gasteiger partial charge >= 0.3 is 6.18 Å². The third kappa shape index (κ3) is 2.15. The summed E-state index contributed by atoms with van der Waals surface area (Å²) < 4.78 is 45.2. The van der Waals surface area contributed by atoms with Crippen molar-refractivity contribution in [2.75, 3.05) is 0 Å². The summed E-state index contributed by atoms with van der Waals surface area (Å²) in [4.78, 5) is 3.67. The van der Waals surface area contributed by atoms with Gasteiger partial charge in [0, 0.05) is 6.07 Å². The van der Waals surface area contributed by atoms with Gasteiger partial charge in [0.15, 0.2) is 0 Å². The lowest BCUT2D eigenvalue weighted by Crippen LogP contribution is -2.15. The zero-order valence-corrected chi connectivity index (χ0v) is 10.5. The zero-order chi connectivity index (χ0) is 14.3. The van der Waals surface area contributed by atoms with Crippen LogP contribution in [0.15, 0.2) is 34.9 Å². The van der Waals surface area contributed by atoms with Crippen LogP contribution in [0.1, 0.15) is 17.3 Å². The van der Waals surface area contributed by atoms with E-state index in [0.29, 0.717) is 22.5 Å². The topological polar surface area (TPSA) is 43.9 Å². The maximum atomic E-state index is 13.1. The molecule has 0 unspecified atom stereocenters. The van der Waals surface area contributed by atoms with Crippen molar-refractivity contribution in [2.45, 2.75) is 19.6 Å². The Morgan fingerprint density at radius 2 is 2.00 bits per heavy atom. The van der Waals surface area contributed by atoms with E-state index in [0.717, 1.165) is 4.57 Å². The van der Waals surface area contributed by atoms with Gasteiger partial charge in [-0.25, -0.2) is 4.98 Å². The molecule has 3 rings (SSSR count). The lowest BCUT2D eigenvalue weighted by Gasteiger charge is -2.09. The summed E-state index contributed by atoms with van der Waals surface area (Å²) >= 11 is 0. The van der Waals surface area contributed by atoms with Crippen molar-refractivity contribution < 1.29 is 17.7 Å². The minimum absolute atomic E-state index is 0.0350. The van der Waals surface area contributed by atoms with Crippen molar-refractivity contribution in [3.8, 4) is 0 Å². The molecule has 104 valence electrons. The van der Waals surface area contributed by atoms with Crippen LogP contribution in [0.2, 0.25) is 0 Å². The number of para-hydroxylation sites is 2. The van der Waals surface area contributed by atoms with Gasteiger partial charge < -0.3 is 9.09 Å². The van der Waals surface area contributed by atoms with Crippen molar-refractivity contribution in [1.82, 2.24) is 14.7 Å². The second kappa shape index (κ2) is 4.36. The number of alkyl halides is 3. The summed E-state index contributed by atoms with van der Waals surface area (Å²) in [6.07, 6.45) is -4.52. The van der Waals surface area contributed by atoms with Gasteiger partial charge in [0.05, 0.1) is 17.6 Å². The van der Waals surface area contributed by atoms with E-state index in [1.807, 2.05) is 0 Å².